The van der Waals surface area contributed by atoms with E-state index >= 15 is 0 Å². The number of hydrogen-bond acceptors (Lipinski definition) is 2. The second-order valence-corrected chi connectivity index (χ2v) is 3.30. The van der Waals surface area contributed by atoms with E-state index in [9.17, 15) is 8.42 Å². The zero-order chi connectivity index (χ0) is 9.61. The molecule has 0 rings (SSSR count). The third-order valence-electron chi connectivity index (χ3n) is 0.977. The molecule has 0 heterocycles. The lowest BCUT2D eigenvalue weighted by molar-refractivity contribution is 0.492. The van der Waals surface area contributed by atoms with Crippen molar-refractivity contribution in [3.05, 3.63) is 48.4 Å². The van der Waals surface area contributed by atoms with Crippen molar-refractivity contribution in [3.8, 4) is 0 Å². The van der Waals surface area contributed by atoms with E-state index < -0.39 is 10.1 Å². The van der Waals surface area contributed by atoms with E-state index in [-0.39, 0.29) is 4.91 Å². The van der Waals surface area contributed by atoms with Crippen molar-refractivity contribution in [2.75, 3.05) is 0 Å². The molecule has 0 aliphatic heterocycles. The Morgan fingerprint density at radius 3 is 2.17 bits per heavy atom. The number of hydrogen-bond donors (Lipinski definition) is 1. The lowest BCUT2D eigenvalue weighted by Crippen LogP contribution is -1.98. The van der Waals surface area contributed by atoms with Crippen molar-refractivity contribution >= 4 is 10.1 Å². The summed E-state index contributed by atoms with van der Waals surface area (Å²) in [4.78, 5) is -0.211. The zero-order valence-corrected chi connectivity index (χ0v) is 7.29. The van der Waals surface area contributed by atoms with Gasteiger partial charge in [-0.15, -0.1) is 0 Å². The molecule has 0 aromatic rings. The summed E-state index contributed by atoms with van der Waals surface area (Å²) in [6.45, 7) is 6.67. The molecule has 0 aliphatic rings. The zero-order valence-electron chi connectivity index (χ0n) is 6.47. The van der Waals surface area contributed by atoms with E-state index in [0.29, 0.717) is 0 Å². The quantitative estimate of drug-likeness (QED) is 0.537. The summed E-state index contributed by atoms with van der Waals surface area (Å²) in [5.41, 5.74) is 0. The van der Waals surface area contributed by atoms with Gasteiger partial charge in [-0.25, -0.2) is 0 Å². The van der Waals surface area contributed by atoms with Gasteiger partial charge in [0.1, 0.15) is 0 Å². The molecule has 0 amide bonds. The maximum atomic E-state index is 10.6. The van der Waals surface area contributed by atoms with Crippen LogP contribution in [0.4, 0.5) is 0 Å². The number of rotatable bonds is 4. The molecule has 0 aromatic carbocycles. The minimum absolute atomic E-state index is 0.211. The van der Waals surface area contributed by atoms with Crippen molar-refractivity contribution in [2.24, 2.45) is 0 Å². The van der Waals surface area contributed by atoms with Crippen LogP contribution in [0.5, 0.6) is 0 Å². The van der Waals surface area contributed by atoms with Crippen LogP contribution in [-0.4, -0.2) is 13.0 Å². The molecule has 0 saturated carbocycles. The standard InChI is InChI=1S/C8H10O3S/c1-3-5-7-8(6-4-2)12(9,10)11/h3-7H,1-2H2,(H,9,10,11)/b7-5-,8-6+. The van der Waals surface area contributed by atoms with E-state index in [0.717, 1.165) is 0 Å². The van der Waals surface area contributed by atoms with Crippen molar-refractivity contribution < 1.29 is 13.0 Å². The third-order valence-corrected chi connectivity index (χ3v) is 1.84. The maximum absolute atomic E-state index is 10.6. The summed E-state index contributed by atoms with van der Waals surface area (Å²) in [6, 6.07) is 0. The van der Waals surface area contributed by atoms with Crippen LogP contribution in [0, 0.1) is 0 Å². The largest absolute Gasteiger partial charge is 0.294 e. The first-order valence-electron chi connectivity index (χ1n) is 3.11. The predicted molar refractivity (Wildman–Crippen MR) is 49.2 cm³/mol. The van der Waals surface area contributed by atoms with Crippen LogP contribution in [0.2, 0.25) is 0 Å². The Morgan fingerprint density at radius 2 is 1.83 bits per heavy atom. The Balaban J connectivity index is 4.95. The molecule has 0 atom stereocenters. The van der Waals surface area contributed by atoms with E-state index in [1.165, 1.54) is 30.4 Å². The fourth-order valence-electron chi connectivity index (χ4n) is 0.507. The molecule has 0 radical (unpaired) electrons. The lowest BCUT2D eigenvalue weighted by atomic mass is 10.4. The molecule has 12 heavy (non-hydrogen) atoms. The first-order valence-corrected chi connectivity index (χ1v) is 4.55. The van der Waals surface area contributed by atoms with Gasteiger partial charge in [0.05, 0.1) is 4.91 Å². The Labute approximate surface area is 72.2 Å². The van der Waals surface area contributed by atoms with E-state index in [4.69, 9.17) is 4.55 Å². The topological polar surface area (TPSA) is 54.4 Å². The van der Waals surface area contributed by atoms with Gasteiger partial charge in [0, 0.05) is 0 Å². The van der Waals surface area contributed by atoms with Crippen LogP contribution < -0.4 is 0 Å². The van der Waals surface area contributed by atoms with E-state index in [2.05, 4.69) is 13.2 Å². The highest BCUT2D eigenvalue weighted by molar-refractivity contribution is 7.90. The first-order chi connectivity index (χ1) is 5.52. The lowest BCUT2D eigenvalue weighted by Gasteiger charge is -1.93. The fourth-order valence-corrected chi connectivity index (χ4v) is 1.03. The smallest absolute Gasteiger partial charge is 0.282 e. The average molecular weight is 186 g/mol. The Morgan fingerprint density at radius 1 is 1.25 bits per heavy atom. The van der Waals surface area contributed by atoms with E-state index in [1.807, 2.05) is 0 Å². The summed E-state index contributed by atoms with van der Waals surface area (Å²) in [5.74, 6) is 0. The predicted octanol–water partition coefficient (Wildman–Crippen LogP) is 1.69. The van der Waals surface area contributed by atoms with Gasteiger partial charge < -0.3 is 0 Å². The monoisotopic (exact) mass is 186 g/mol. The summed E-state index contributed by atoms with van der Waals surface area (Å²) in [6.07, 6.45) is 6.50. The molecular weight excluding hydrogens is 176 g/mol. The minimum atomic E-state index is -4.14. The van der Waals surface area contributed by atoms with Crippen LogP contribution in [0.1, 0.15) is 0 Å². The van der Waals surface area contributed by atoms with Crippen LogP contribution in [0.25, 0.3) is 0 Å². The van der Waals surface area contributed by atoms with Gasteiger partial charge in [-0.3, -0.25) is 4.55 Å². The molecular formula is C8H10O3S. The van der Waals surface area contributed by atoms with Crippen LogP contribution in [0.3, 0.4) is 0 Å². The Hall–Kier alpha value is -1.13. The van der Waals surface area contributed by atoms with Crippen molar-refractivity contribution in [3.63, 3.8) is 0 Å². The Bertz CT molecular complexity index is 320. The Kier molecular flexibility index (Phi) is 4.25. The normalized spacial score (nSPS) is 13.2. The third kappa shape index (κ3) is 3.90. The van der Waals surface area contributed by atoms with Crippen molar-refractivity contribution in [1.29, 1.82) is 0 Å². The highest BCUT2D eigenvalue weighted by Gasteiger charge is 2.07. The van der Waals surface area contributed by atoms with Crippen LogP contribution >= 0.6 is 0 Å². The maximum Gasteiger partial charge on any atom is 0.294 e. The molecule has 0 aromatic heterocycles. The molecule has 0 unspecified atom stereocenters. The molecule has 0 fully saturated rings. The van der Waals surface area contributed by atoms with Crippen molar-refractivity contribution in [2.45, 2.75) is 0 Å². The highest BCUT2D eigenvalue weighted by atomic mass is 32.2. The summed E-state index contributed by atoms with van der Waals surface area (Å²) in [7, 11) is -4.14. The summed E-state index contributed by atoms with van der Waals surface area (Å²) >= 11 is 0. The molecule has 0 aliphatic carbocycles. The highest BCUT2D eigenvalue weighted by Crippen LogP contribution is 2.05. The molecule has 1 N–H and O–H groups in total. The molecule has 0 spiro atoms. The second kappa shape index (κ2) is 4.69. The van der Waals surface area contributed by atoms with Gasteiger partial charge in [0.25, 0.3) is 10.1 Å². The molecule has 66 valence electrons. The summed E-state index contributed by atoms with van der Waals surface area (Å²) in [5, 5.41) is 0. The van der Waals surface area contributed by atoms with Crippen molar-refractivity contribution in [1.82, 2.24) is 0 Å². The van der Waals surface area contributed by atoms with E-state index in [1.54, 1.807) is 0 Å². The van der Waals surface area contributed by atoms with Gasteiger partial charge in [-0.2, -0.15) is 8.42 Å². The van der Waals surface area contributed by atoms with Gasteiger partial charge >= 0.3 is 0 Å². The number of allylic oxidation sites excluding steroid dienone is 5. The van der Waals surface area contributed by atoms with Gasteiger partial charge in [0.2, 0.25) is 0 Å². The average Bonchev–Trinajstić information content (AvgIpc) is 1.95. The SMILES string of the molecule is C=C/C=C\C(=C/C=C)S(=O)(=O)O. The van der Waals surface area contributed by atoms with Gasteiger partial charge in [-0.1, -0.05) is 31.4 Å². The van der Waals surface area contributed by atoms with Crippen LogP contribution in [0.15, 0.2) is 48.4 Å². The molecule has 0 bridgehead atoms. The summed E-state index contributed by atoms with van der Waals surface area (Å²) < 4.78 is 29.8. The minimum Gasteiger partial charge on any atom is -0.282 e. The van der Waals surface area contributed by atoms with Gasteiger partial charge in [0.15, 0.2) is 0 Å². The van der Waals surface area contributed by atoms with Crippen LogP contribution in [-0.2, 0) is 10.1 Å². The fraction of sp³-hybridized carbons (Fsp3) is 0. The molecule has 0 saturated heterocycles. The first kappa shape index (κ1) is 10.9. The molecule has 3 nitrogen and oxygen atoms in total. The van der Waals surface area contributed by atoms with Gasteiger partial charge in [-0.05, 0) is 12.2 Å². The molecule has 4 heteroatoms. The second-order valence-electron chi connectivity index (χ2n) is 1.87.